The molecule has 1 rings (SSSR count). The van der Waals surface area contributed by atoms with Gasteiger partial charge in [-0.25, -0.2) is 4.39 Å². The second kappa shape index (κ2) is 3.05. The quantitative estimate of drug-likeness (QED) is 0.573. The molecule has 0 heterocycles. The predicted octanol–water partition coefficient (Wildman–Crippen LogP) is 1.88. The minimum absolute atomic E-state index is 0.0311. The number of benzene rings is 1. The fourth-order valence-electron chi connectivity index (χ4n) is 0.651. The lowest BCUT2D eigenvalue weighted by Crippen LogP contribution is -1.95. The van der Waals surface area contributed by atoms with Crippen molar-refractivity contribution in [2.75, 3.05) is 5.73 Å². The smallest absolute Gasteiger partial charge is 0.156 e. The molecule has 0 amide bonds. The van der Waals surface area contributed by atoms with Crippen LogP contribution in [0.2, 0.25) is 0 Å². The highest BCUT2D eigenvalue weighted by atomic mass is 127. The van der Waals surface area contributed by atoms with E-state index in [-0.39, 0.29) is 5.56 Å². The van der Waals surface area contributed by atoms with Gasteiger partial charge < -0.3 is 5.73 Å². The maximum absolute atomic E-state index is 13.0. The zero-order valence-corrected chi connectivity index (χ0v) is 7.59. The predicted molar refractivity (Wildman–Crippen MR) is 48.2 cm³/mol. The summed E-state index contributed by atoms with van der Waals surface area (Å²) in [4.78, 5) is 0. The molecule has 0 aromatic heterocycles. The van der Waals surface area contributed by atoms with E-state index in [1.54, 1.807) is 28.7 Å². The molecule has 0 atom stereocenters. The van der Waals surface area contributed by atoms with Gasteiger partial charge in [0.15, 0.2) is 5.82 Å². The largest absolute Gasteiger partial charge is 0.398 e. The second-order valence-electron chi connectivity index (χ2n) is 1.94. The van der Waals surface area contributed by atoms with Gasteiger partial charge in [-0.15, -0.1) is 0 Å². The molecule has 1 aromatic carbocycles. The minimum Gasteiger partial charge on any atom is -0.398 e. The van der Waals surface area contributed by atoms with E-state index in [9.17, 15) is 4.39 Å². The Hall–Kier alpha value is -0.830. The third kappa shape index (κ3) is 1.43. The fraction of sp³-hybridized carbons (Fsp3) is 0. The summed E-state index contributed by atoms with van der Waals surface area (Å²) in [6.45, 7) is 0. The number of nitriles is 1. The maximum atomic E-state index is 13.0. The maximum Gasteiger partial charge on any atom is 0.156 e. The van der Waals surface area contributed by atoms with E-state index in [0.29, 0.717) is 9.26 Å². The van der Waals surface area contributed by atoms with Crippen molar-refractivity contribution in [2.45, 2.75) is 0 Å². The first-order valence-electron chi connectivity index (χ1n) is 2.80. The molecule has 0 fully saturated rings. The molecule has 0 aliphatic carbocycles. The van der Waals surface area contributed by atoms with Crippen molar-refractivity contribution >= 4 is 28.3 Å². The van der Waals surface area contributed by atoms with E-state index >= 15 is 0 Å². The van der Waals surface area contributed by atoms with Gasteiger partial charge in [-0.3, -0.25) is 0 Å². The summed E-state index contributed by atoms with van der Waals surface area (Å²) in [6.07, 6.45) is 0. The van der Waals surface area contributed by atoms with Crippen molar-refractivity contribution in [1.29, 1.82) is 5.26 Å². The molecule has 0 bridgehead atoms. The van der Waals surface area contributed by atoms with Crippen LogP contribution < -0.4 is 5.73 Å². The van der Waals surface area contributed by atoms with Gasteiger partial charge in [-0.2, -0.15) is 5.26 Å². The average molecular weight is 262 g/mol. The monoisotopic (exact) mass is 262 g/mol. The Kier molecular flexibility index (Phi) is 2.29. The molecule has 0 saturated carbocycles. The lowest BCUT2D eigenvalue weighted by atomic mass is 10.2. The number of hydrogen-bond donors (Lipinski definition) is 1. The number of nitrogen functional groups attached to an aromatic ring is 1. The van der Waals surface area contributed by atoms with Crippen LogP contribution in [0.1, 0.15) is 5.56 Å². The van der Waals surface area contributed by atoms with Crippen molar-refractivity contribution in [1.82, 2.24) is 0 Å². The Morgan fingerprint density at radius 1 is 1.55 bits per heavy atom. The second-order valence-corrected chi connectivity index (χ2v) is 3.02. The Morgan fingerprint density at radius 3 is 2.73 bits per heavy atom. The molecule has 56 valence electrons. The first kappa shape index (κ1) is 8.27. The lowest BCUT2D eigenvalue weighted by Gasteiger charge is -1.99. The molecule has 0 saturated heterocycles. The van der Waals surface area contributed by atoms with Gasteiger partial charge in [-0.05, 0) is 34.7 Å². The van der Waals surface area contributed by atoms with Gasteiger partial charge in [0.1, 0.15) is 6.07 Å². The molecule has 0 radical (unpaired) electrons. The number of rotatable bonds is 0. The van der Waals surface area contributed by atoms with Crippen molar-refractivity contribution < 1.29 is 4.39 Å². The summed E-state index contributed by atoms with van der Waals surface area (Å²) in [6, 6.07) is 4.61. The van der Waals surface area contributed by atoms with Crippen LogP contribution in [0.3, 0.4) is 0 Å². The van der Waals surface area contributed by atoms with Gasteiger partial charge >= 0.3 is 0 Å². The summed E-state index contributed by atoms with van der Waals surface area (Å²) in [5.74, 6) is -0.534. The topological polar surface area (TPSA) is 49.8 Å². The molecule has 0 spiro atoms. The van der Waals surface area contributed by atoms with E-state index in [0.717, 1.165) is 0 Å². The van der Waals surface area contributed by atoms with Crippen LogP contribution in [0.25, 0.3) is 0 Å². The third-order valence-electron chi connectivity index (χ3n) is 1.23. The average Bonchev–Trinajstić information content (AvgIpc) is 2.01. The van der Waals surface area contributed by atoms with Gasteiger partial charge in [0.25, 0.3) is 0 Å². The van der Waals surface area contributed by atoms with Gasteiger partial charge in [0.2, 0.25) is 0 Å². The molecule has 2 N–H and O–H groups in total. The van der Waals surface area contributed by atoms with E-state index in [1.807, 2.05) is 0 Å². The van der Waals surface area contributed by atoms with E-state index in [4.69, 9.17) is 11.0 Å². The van der Waals surface area contributed by atoms with Crippen LogP contribution in [0, 0.1) is 20.7 Å². The molecular formula is C7H4FIN2. The van der Waals surface area contributed by atoms with Crippen molar-refractivity contribution in [3.8, 4) is 6.07 Å². The summed E-state index contributed by atoms with van der Waals surface area (Å²) >= 11 is 1.77. The molecule has 0 unspecified atom stereocenters. The first-order valence-corrected chi connectivity index (χ1v) is 3.88. The molecule has 0 aliphatic rings. The molecular weight excluding hydrogens is 258 g/mol. The molecule has 11 heavy (non-hydrogen) atoms. The highest BCUT2D eigenvalue weighted by Gasteiger charge is 2.07. The Bertz CT molecular complexity index is 330. The summed E-state index contributed by atoms with van der Waals surface area (Å²) in [5.41, 5.74) is 5.78. The normalized spacial score (nSPS) is 9.18. The van der Waals surface area contributed by atoms with Crippen LogP contribution in [0.15, 0.2) is 12.1 Å². The third-order valence-corrected chi connectivity index (χ3v) is 2.33. The highest BCUT2D eigenvalue weighted by Crippen LogP contribution is 2.20. The van der Waals surface area contributed by atoms with E-state index in [1.165, 1.54) is 12.1 Å². The van der Waals surface area contributed by atoms with Gasteiger partial charge in [0.05, 0.1) is 9.13 Å². The Morgan fingerprint density at radius 2 is 2.18 bits per heavy atom. The summed E-state index contributed by atoms with van der Waals surface area (Å²) < 4.78 is 13.3. The van der Waals surface area contributed by atoms with Crippen molar-refractivity contribution in [3.63, 3.8) is 0 Å². The number of hydrogen-bond acceptors (Lipinski definition) is 2. The molecule has 0 aliphatic heterocycles. The summed E-state index contributed by atoms with van der Waals surface area (Å²) in [5, 5.41) is 8.40. The number of nitrogens with zero attached hydrogens (tertiary/aromatic N) is 1. The minimum atomic E-state index is -0.534. The zero-order valence-electron chi connectivity index (χ0n) is 5.44. The van der Waals surface area contributed by atoms with Gasteiger partial charge in [-0.1, -0.05) is 0 Å². The number of halogens is 2. The Balaban J connectivity index is 3.40. The Labute approximate surface area is 77.0 Å². The SMILES string of the molecule is N#Cc1ccc(N)c(I)c1F. The molecule has 1 aromatic rings. The van der Waals surface area contributed by atoms with Gasteiger partial charge in [0, 0.05) is 5.69 Å². The lowest BCUT2D eigenvalue weighted by molar-refractivity contribution is 0.617. The standard InChI is InChI=1S/C7H4FIN2/c8-6-4(3-10)1-2-5(11)7(6)9/h1-2H,11H2. The number of nitrogens with two attached hydrogens (primary N) is 1. The summed E-state index contributed by atoms with van der Waals surface area (Å²) in [7, 11) is 0. The van der Waals surface area contributed by atoms with Crippen LogP contribution >= 0.6 is 22.6 Å². The molecule has 4 heteroatoms. The van der Waals surface area contributed by atoms with Crippen molar-refractivity contribution in [3.05, 3.63) is 27.1 Å². The van der Waals surface area contributed by atoms with Crippen LogP contribution in [0.5, 0.6) is 0 Å². The van der Waals surface area contributed by atoms with Crippen LogP contribution in [-0.2, 0) is 0 Å². The first-order chi connectivity index (χ1) is 5.16. The highest BCUT2D eigenvalue weighted by molar-refractivity contribution is 14.1. The fourth-order valence-corrected chi connectivity index (χ4v) is 1.12. The van der Waals surface area contributed by atoms with E-state index in [2.05, 4.69) is 0 Å². The van der Waals surface area contributed by atoms with E-state index < -0.39 is 5.82 Å². The molecule has 2 nitrogen and oxygen atoms in total. The van der Waals surface area contributed by atoms with Crippen molar-refractivity contribution in [2.24, 2.45) is 0 Å². The van der Waals surface area contributed by atoms with Crippen LogP contribution in [-0.4, -0.2) is 0 Å². The number of anilines is 1. The zero-order chi connectivity index (χ0) is 8.43. The van der Waals surface area contributed by atoms with Crippen LogP contribution in [0.4, 0.5) is 10.1 Å².